The standard InChI is InChI=1S/C24H28N4OS/c1-28(15-13-22(29)25-14-12-18-8-4-2-5-9-18)23-20-16-21(19-10-6-3-7-11-19)30-24(20)27-17-26-23/h3,6-8,10-11,16-17H,2,4-5,9,12-15H2,1H3,(H,25,29). The van der Waals surface area contributed by atoms with E-state index >= 15 is 0 Å². The van der Waals surface area contributed by atoms with Crippen molar-refractivity contribution in [2.75, 3.05) is 25.0 Å². The monoisotopic (exact) mass is 420 g/mol. The van der Waals surface area contributed by atoms with E-state index < -0.39 is 0 Å². The number of nitrogens with zero attached hydrogens (tertiary/aromatic N) is 3. The van der Waals surface area contributed by atoms with Crippen LogP contribution in [0.1, 0.15) is 38.5 Å². The molecule has 1 aliphatic rings. The first kappa shape index (κ1) is 20.5. The van der Waals surface area contributed by atoms with Crippen LogP contribution in [0.2, 0.25) is 0 Å². The summed E-state index contributed by atoms with van der Waals surface area (Å²) in [4.78, 5) is 25.4. The lowest BCUT2D eigenvalue weighted by Gasteiger charge is -2.18. The zero-order valence-corrected chi connectivity index (χ0v) is 18.3. The van der Waals surface area contributed by atoms with Crippen molar-refractivity contribution in [1.82, 2.24) is 15.3 Å². The molecule has 0 radical (unpaired) electrons. The number of hydrogen-bond acceptors (Lipinski definition) is 5. The van der Waals surface area contributed by atoms with Gasteiger partial charge in [0, 0.05) is 31.4 Å². The first-order valence-electron chi connectivity index (χ1n) is 10.7. The van der Waals surface area contributed by atoms with Gasteiger partial charge in [-0.2, -0.15) is 0 Å². The molecule has 5 nitrogen and oxygen atoms in total. The molecule has 0 aliphatic heterocycles. The highest BCUT2D eigenvalue weighted by molar-refractivity contribution is 7.21. The van der Waals surface area contributed by atoms with Crippen LogP contribution >= 0.6 is 11.3 Å². The highest BCUT2D eigenvalue weighted by Crippen LogP contribution is 2.35. The molecule has 0 saturated carbocycles. The summed E-state index contributed by atoms with van der Waals surface area (Å²) in [5, 5.41) is 4.10. The van der Waals surface area contributed by atoms with Gasteiger partial charge in [-0.05, 0) is 43.7 Å². The highest BCUT2D eigenvalue weighted by atomic mass is 32.1. The maximum Gasteiger partial charge on any atom is 0.221 e. The van der Waals surface area contributed by atoms with E-state index in [9.17, 15) is 4.79 Å². The molecule has 156 valence electrons. The Labute approximate surface area is 181 Å². The number of carbonyl (C=O) groups is 1. The topological polar surface area (TPSA) is 58.1 Å². The van der Waals surface area contributed by atoms with Gasteiger partial charge in [-0.1, -0.05) is 42.0 Å². The first-order valence-corrected chi connectivity index (χ1v) is 11.5. The van der Waals surface area contributed by atoms with Crippen molar-refractivity contribution in [1.29, 1.82) is 0 Å². The van der Waals surface area contributed by atoms with Crippen molar-refractivity contribution >= 4 is 33.3 Å². The number of fused-ring (bicyclic) bond motifs is 1. The van der Waals surface area contributed by atoms with Gasteiger partial charge >= 0.3 is 0 Å². The minimum atomic E-state index is 0.0962. The Kier molecular flexibility index (Phi) is 6.74. The predicted molar refractivity (Wildman–Crippen MR) is 125 cm³/mol. The van der Waals surface area contributed by atoms with Crippen LogP contribution in [0.4, 0.5) is 5.82 Å². The van der Waals surface area contributed by atoms with Gasteiger partial charge in [0.1, 0.15) is 17.0 Å². The summed E-state index contributed by atoms with van der Waals surface area (Å²) in [6.07, 6.45) is 10.3. The second-order valence-electron chi connectivity index (χ2n) is 7.77. The summed E-state index contributed by atoms with van der Waals surface area (Å²) in [5.41, 5.74) is 2.68. The van der Waals surface area contributed by atoms with E-state index in [1.165, 1.54) is 41.7 Å². The summed E-state index contributed by atoms with van der Waals surface area (Å²) < 4.78 is 0. The van der Waals surface area contributed by atoms with Crippen LogP contribution in [0.3, 0.4) is 0 Å². The predicted octanol–water partition coefficient (Wildman–Crippen LogP) is 5.19. The Hall–Kier alpha value is -2.73. The largest absolute Gasteiger partial charge is 0.359 e. The summed E-state index contributed by atoms with van der Waals surface area (Å²) in [7, 11) is 1.99. The quantitative estimate of drug-likeness (QED) is 0.510. The Bertz CT molecular complexity index is 1030. The number of benzene rings is 1. The maximum absolute atomic E-state index is 12.3. The van der Waals surface area contributed by atoms with E-state index in [1.54, 1.807) is 17.7 Å². The molecule has 6 heteroatoms. The van der Waals surface area contributed by atoms with Crippen LogP contribution < -0.4 is 10.2 Å². The molecule has 0 spiro atoms. The van der Waals surface area contributed by atoms with Crippen LogP contribution in [-0.4, -0.2) is 36.0 Å². The minimum absolute atomic E-state index is 0.0962. The fourth-order valence-electron chi connectivity index (χ4n) is 3.85. The molecular formula is C24H28N4OS. The Morgan fingerprint density at radius 2 is 2.07 bits per heavy atom. The molecule has 1 aromatic carbocycles. The van der Waals surface area contributed by atoms with E-state index in [1.807, 2.05) is 25.2 Å². The first-order chi connectivity index (χ1) is 14.7. The van der Waals surface area contributed by atoms with Gasteiger partial charge in [0.15, 0.2) is 0 Å². The number of carbonyl (C=O) groups excluding carboxylic acids is 1. The summed E-state index contributed by atoms with van der Waals surface area (Å²) in [6, 6.07) is 12.5. The molecule has 2 heterocycles. The SMILES string of the molecule is CN(CCC(=O)NCCC1=CCCCC1)c1ncnc2sc(-c3ccccc3)cc12. The van der Waals surface area contributed by atoms with Gasteiger partial charge in [-0.15, -0.1) is 11.3 Å². The molecule has 0 saturated heterocycles. The third-order valence-electron chi connectivity index (χ3n) is 5.56. The molecule has 2 aromatic heterocycles. The van der Waals surface area contributed by atoms with E-state index in [4.69, 9.17) is 0 Å². The lowest BCUT2D eigenvalue weighted by molar-refractivity contribution is -0.120. The van der Waals surface area contributed by atoms with Crippen LogP contribution in [-0.2, 0) is 4.79 Å². The second kappa shape index (κ2) is 9.85. The highest BCUT2D eigenvalue weighted by Gasteiger charge is 2.14. The van der Waals surface area contributed by atoms with Crippen molar-refractivity contribution in [3.63, 3.8) is 0 Å². The van der Waals surface area contributed by atoms with Gasteiger partial charge < -0.3 is 10.2 Å². The summed E-state index contributed by atoms with van der Waals surface area (Å²) in [5.74, 6) is 0.970. The third-order valence-corrected chi connectivity index (χ3v) is 6.65. The number of rotatable bonds is 8. The number of nitrogens with one attached hydrogen (secondary N) is 1. The number of hydrogen-bond donors (Lipinski definition) is 1. The summed E-state index contributed by atoms with van der Waals surface area (Å²) in [6.45, 7) is 1.36. The normalized spacial score (nSPS) is 13.8. The average Bonchev–Trinajstić information content (AvgIpc) is 3.23. The van der Waals surface area contributed by atoms with E-state index in [0.717, 1.165) is 29.0 Å². The zero-order chi connectivity index (χ0) is 20.8. The molecule has 1 aliphatic carbocycles. The second-order valence-corrected chi connectivity index (χ2v) is 8.80. The Morgan fingerprint density at radius 1 is 1.20 bits per heavy atom. The molecule has 0 atom stereocenters. The van der Waals surface area contributed by atoms with Gasteiger partial charge in [0.2, 0.25) is 5.91 Å². The lowest BCUT2D eigenvalue weighted by Crippen LogP contribution is -2.30. The molecule has 0 bridgehead atoms. The van der Waals surface area contributed by atoms with Gasteiger partial charge in [-0.3, -0.25) is 4.79 Å². The number of thiophene rings is 1. The molecule has 3 aromatic rings. The van der Waals surface area contributed by atoms with Crippen molar-refractivity contribution < 1.29 is 4.79 Å². The van der Waals surface area contributed by atoms with Crippen LogP contribution in [0.25, 0.3) is 20.7 Å². The molecular weight excluding hydrogens is 392 g/mol. The molecule has 0 fully saturated rings. The van der Waals surface area contributed by atoms with E-state index in [2.05, 4.69) is 44.5 Å². The molecule has 30 heavy (non-hydrogen) atoms. The van der Waals surface area contributed by atoms with Crippen LogP contribution in [0, 0.1) is 0 Å². The van der Waals surface area contributed by atoms with Crippen molar-refractivity contribution in [2.45, 2.75) is 38.5 Å². The Morgan fingerprint density at radius 3 is 2.87 bits per heavy atom. The number of amides is 1. The summed E-state index contributed by atoms with van der Waals surface area (Å²) >= 11 is 1.67. The average molecular weight is 421 g/mol. The Balaban J connectivity index is 1.35. The zero-order valence-electron chi connectivity index (χ0n) is 17.4. The van der Waals surface area contributed by atoms with Gasteiger partial charge in [-0.25, -0.2) is 9.97 Å². The van der Waals surface area contributed by atoms with Crippen molar-refractivity contribution in [3.8, 4) is 10.4 Å². The molecule has 4 rings (SSSR count). The molecule has 0 unspecified atom stereocenters. The number of anilines is 1. The maximum atomic E-state index is 12.3. The van der Waals surface area contributed by atoms with Gasteiger partial charge in [0.05, 0.1) is 5.39 Å². The molecule has 1 amide bonds. The lowest BCUT2D eigenvalue weighted by atomic mass is 9.97. The van der Waals surface area contributed by atoms with Crippen LogP contribution in [0.15, 0.2) is 54.4 Å². The fourth-order valence-corrected chi connectivity index (χ4v) is 4.85. The minimum Gasteiger partial charge on any atom is -0.359 e. The van der Waals surface area contributed by atoms with Crippen molar-refractivity contribution in [3.05, 3.63) is 54.4 Å². The van der Waals surface area contributed by atoms with Gasteiger partial charge in [0.25, 0.3) is 0 Å². The molecule has 1 N–H and O–H groups in total. The van der Waals surface area contributed by atoms with E-state index in [-0.39, 0.29) is 5.91 Å². The van der Waals surface area contributed by atoms with Crippen LogP contribution in [0.5, 0.6) is 0 Å². The number of aromatic nitrogens is 2. The smallest absolute Gasteiger partial charge is 0.221 e. The van der Waals surface area contributed by atoms with E-state index in [0.29, 0.717) is 13.0 Å². The number of allylic oxidation sites excluding steroid dienone is 1. The fraction of sp³-hybridized carbons (Fsp3) is 0.375. The third kappa shape index (κ3) is 5.05. The van der Waals surface area contributed by atoms with Crippen molar-refractivity contribution in [2.24, 2.45) is 0 Å².